The lowest BCUT2D eigenvalue weighted by Crippen LogP contribution is -2.00. The standard InChI is InChI=1S/C2HF3O3S/c3-2(4,5)9-8-7-1-6/h1H. The molecular formula is C2HF3O3S. The van der Waals surface area contributed by atoms with E-state index in [-0.39, 0.29) is 6.47 Å². The molecule has 0 aliphatic rings. The number of halogens is 3. The number of hydrogen-bond acceptors (Lipinski definition) is 4. The predicted molar refractivity (Wildman–Crippen MR) is 21.9 cm³/mol. The van der Waals surface area contributed by atoms with E-state index >= 15 is 0 Å². The first kappa shape index (κ1) is 8.57. The molecule has 0 rings (SSSR count). The van der Waals surface area contributed by atoms with Crippen molar-refractivity contribution in [3.8, 4) is 0 Å². The second kappa shape index (κ2) is 3.57. The molecule has 54 valence electrons. The Labute approximate surface area is 52.3 Å². The number of alkyl halides is 3. The van der Waals surface area contributed by atoms with Crippen LogP contribution in [0.3, 0.4) is 0 Å². The van der Waals surface area contributed by atoms with Crippen molar-refractivity contribution in [2.24, 2.45) is 0 Å². The van der Waals surface area contributed by atoms with E-state index in [1.165, 1.54) is 0 Å². The zero-order valence-electron chi connectivity index (χ0n) is 3.84. The Morgan fingerprint density at radius 2 is 2.00 bits per heavy atom. The normalized spacial score (nSPS) is 11.0. The zero-order valence-corrected chi connectivity index (χ0v) is 4.66. The van der Waals surface area contributed by atoms with Gasteiger partial charge < -0.3 is 0 Å². The minimum Gasteiger partial charge on any atom is -0.289 e. The van der Waals surface area contributed by atoms with E-state index in [1.54, 1.807) is 0 Å². The van der Waals surface area contributed by atoms with Gasteiger partial charge in [-0.25, -0.2) is 0 Å². The van der Waals surface area contributed by atoms with Gasteiger partial charge in [-0.1, -0.05) is 0 Å². The summed E-state index contributed by atoms with van der Waals surface area (Å²) in [5.41, 5.74) is -4.54. The fourth-order valence-corrected chi connectivity index (χ4v) is 0.223. The highest BCUT2D eigenvalue weighted by atomic mass is 32.2. The summed E-state index contributed by atoms with van der Waals surface area (Å²) < 4.78 is 36.3. The SMILES string of the molecule is O=COOSC(F)(F)F. The third-order valence-corrected chi connectivity index (χ3v) is 0.543. The Hall–Kier alpha value is -0.430. The van der Waals surface area contributed by atoms with Crippen molar-refractivity contribution in [3.63, 3.8) is 0 Å². The lowest BCUT2D eigenvalue weighted by molar-refractivity contribution is -0.193. The quantitative estimate of drug-likeness (QED) is 0.206. The van der Waals surface area contributed by atoms with Crippen LogP contribution in [0.1, 0.15) is 0 Å². The highest BCUT2D eigenvalue weighted by molar-refractivity contribution is 7.95. The van der Waals surface area contributed by atoms with Gasteiger partial charge in [-0.2, -0.15) is 13.2 Å². The smallest absolute Gasteiger partial charge is 0.289 e. The van der Waals surface area contributed by atoms with Crippen LogP contribution in [-0.2, 0) is 14.0 Å². The van der Waals surface area contributed by atoms with Crippen molar-refractivity contribution in [1.82, 2.24) is 0 Å². The van der Waals surface area contributed by atoms with E-state index in [0.717, 1.165) is 0 Å². The summed E-state index contributed by atoms with van der Waals surface area (Å²) in [5.74, 6) is 0. The van der Waals surface area contributed by atoms with Crippen molar-refractivity contribution in [1.29, 1.82) is 0 Å². The molecule has 7 heteroatoms. The molecule has 0 radical (unpaired) electrons. The van der Waals surface area contributed by atoms with Gasteiger partial charge in [-0.15, -0.1) is 4.33 Å². The molecule has 0 aliphatic carbocycles. The van der Waals surface area contributed by atoms with Crippen molar-refractivity contribution in [2.45, 2.75) is 5.51 Å². The van der Waals surface area contributed by atoms with Crippen molar-refractivity contribution >= 4 is 18.5 Å². The third-order valence-electron chi connectivity index (χ3n) is 0.207. The Balaban J connectivity index is 3.17. The van der Waals surface area contributed by atoms with Crippen LogP contribution in [0.25, 0.3) is 0 Å². The average molecular weight is 162 g/mol. The molecule has 0 heterocycles. The Morgan fingerprint density at radius 3 is 2.33 bits per heavy atom. The number of carbonyl (C=O) groups excluding carboxylic acids is 1. The molecule has 0 aromatic carbocycles. The Morgan fingerprint density at radius 1 is 1.44 bits per heavy atom. The van der Waals surface area contributed by atoms with Crippen LogP contribution >= 0.6 is 12.0 Å². The molecule has 0 unspecified atom stereocenters. The van der Waals surface area contributed by atoms with Gasteiger partial charge in [0, 0.05) is 0 Å². The summed E-state index contributed by atoms with van der Waals surface area (Å²) >= 11 is -0.895. The molecular weight excluding hydrogens is 161 g/mol. The lowest BCUT2D eigenvalue weighted by Gasteiger charge is -1.99. The molecule has 0 aliphatic heterocycles. The highest BCUT2D eigenvalue weighted by Crippen LogP contribution is 2.30. The molecule has 0 saturated heterocycles. The van der Waals surface area contributed by atoms with Crippen molar-refractivity contribution < 1.29 is 27.2 Å². The Bertz CT molecular complexity index is 91.5. The van der Waals surface area contributed by atoms with Gasteiger partial charge in [0.1, 0.15) is 0 Å². The summed E-state index contributed by atoms with van der Waals surface area (Å²) in [6.07, 6.45) is 0. The molecule has 3 nitrogen and oxygen atoms in total. The molecule has 0 aromatic heterocycles. The van der Waals surface area contributed by atoms with Crippen molar-refractivity contribution in [2.75, 3.05) is 0 Å². The van der Waals surface area contributed by atoms with Gasteiger partial charge in [0.05, 0.1) is 0 Å². The first-order valence-corrected chi connectivity index (χ1v) is 2.32. The van der Waals surface area contributed by atoms with E-state index in [9.17, 15) is 13.2 Å². The monoisotopic (exact) mass is 162 g/mol. The first-order valence-electron chi connectivity index (χ1n) is 1.58. The topological polar surface area (TPSA) is 35.5 Å². The molecule has 0 fully saturated rings. The van der Waals surface area contributed by atoms with Crippen LogP contribution in [0.4, 0.5) is 13.2 Å². The molecule has 9 heavy (non-hydrogen) atoms. The van der Waals surface area contributed by atoms with Gasteiger partial charge in [0.15, 0.2) is 12.0 Å². The van der Waals surface area contributed by atoms with E-state index < -0.39 is 17.6 Å². The fraction of sp³-hybridized carbons (Fsp3) is 0.500. The minimum atomic E-state index is -4.54. The van der Waals surface area contributed by atoms with Gasteiger partial charge in [-0.3, -0.25) is 9.68 Å². The number of rotatable bonds is 3. The maximum Gasteiger partial charge on any atom is 0.471 e. The van der Waals surface area contributed by atoms with E-state index in [2.05, 4.69) is 9.22 Å². The number of carbonyl (C=O) groups is 1. The van der Waals surface area contributed by atoms with Crippen LogP contribution in [0.15, 0.2) is 0 Å². The van der Waals surface area contributed by atoms with Crippen LogP contribution in [-0.4, -0.2) is 12.0 Å². The van der Waals surface area contributed by atoms with Crippen molar-refractivity contribution in [3.05, 3.63) is 0 Å². The van der Waals surface area contributed by atoms with Crippen LogP contribution in [0.5, 0.6) is 0 Å². The van der Waals surface area contributed by atoms with Crippen LogP contribution < -0.4 is 0 Å². The molecule has 0 saturated carbocycles. The van der Waals surface area contributed by atoms with Gasteiger partial charge in [0.25, 0.3) is 0 Å². The second-order valence-corrected chi connectivity index (χ2v) is 1.56. The second-order valence-electron chi connectivity index (χ2n) is 0.790. The minimum absolute atomic E-state index is 0.251. The molecule has 0 aromatic rings. The zero-order chi connectivity index (χ0) is 7.33. The summed E-state index contributed by atoms with van der Waals surface area (Å²) in [4.78, 5) is 12.4. The molecule has 0 amide bonds. The van der Waals surface area contributed by atoms with E-state index in [4.69, 9.17) is 4.79 Å². The maximum absolute atomic E-state index is 11.0. The molecule has 0 bridgehead atoms. The predicted octanol–water partition coefficient (Wildman–Crippen LogP) is 1.26. The highest BCUT2D eigenvalue weighted by Gasteiger charge is 2.31. The average Bonchev–Trinajstić information content (AvgIpc) is 1.63. The van der Waals surface area contributed by atoms with Crippen LogP contribution in [0.2, 0.25) is 0 Å². The Kier molecular flexibility index (Phi) is 3.40. The molecule has 0 N–H and O–H groups in total. The van der Waals surface area contributed by atoms with Gasteiger partial charge in [-0.05, 0) is 0 Å². The first-order chi connectivity index (χ1) is 4.06. The fourth-order valence-electron chi connectivity index (χ4n) is 0.0743. The van der Waals surface area contributed by atoms with E-state index in [0.29, 0.717) is 0 Å². The summed E-state index contributed by atoms with van der Waals surface area (Å²) in [6, 6.07) is 0. The lowest BCUT2D eigenvalue weighted by atomic mass is 11.6. The molecule has 0 atom stereocenters. The number of hydrogen-bond donors (Lipinski definition) is 0. The third kappa shape index (κ3) is 7.57. The summed E-state index contributed by atoms with van der Waals surface area (Å²) in [5, 5.41) is 0. The van der Waals surface area contributed by atoms with E-state index in [1.807, 2.05) is 0 Å². The van der Waals surface area contributed by atoms with Gasteiger partial charge in [0.2, 0.25) is 0 Å². The largest absolute Gasteiger partial charge is 0.471 e. The summed E-state index contributed by atoms with van der Waals surface area (Å²) in [6.45, 7) is -0.251. The summed E-state index contributed by atoms with van der Waals surface area (Å²) in [7, 11) is 0. The van der Waals surface area contributed by atoms with Crippen LogP contribution in [0, 0.1) is 0 Å². The maximum atomic E-state index is 11.0. The van der Waals surface area contributed by atoms with Gasteiger partial charge >= 0.3 is 12.0 Å². The molecule has 0 spiro atoms.